The molecule has 0 spiro atoms. The largest absolute Gasteiger partial charge is 0.449 e. The third-order valence-electron chi connectivity index (χ3n) is 4.85. The van der Waals surface area contributed by atoms with E-state index < -0.39 is 6.10 Å². The van der Waals surface area contributed by atoms with Crippen LogP contribution in [0.15, 0.2) is 33.5 Å². The fourth-order valence-electron chi connectivity index (χ4n) is 3.67. The summed E-state index contributed by atoms with van der Waals surface area (Å²) in [5.74, 6) is 0.617. The second-order valence-corrected chi connectivity index (χ2v) is 6.56. The van der Waals surface area contributed by atoms with Crippen molar-refractivity contribution in [2.45, 2.75) is 44.9 Å². The number of likely N-dealkylation sites (tertiary alicyclic amines) is 1. The molecule has 3 heterocycles. The van der Waals surface area contributed by atoms with E-state index >= 15 is 0 Å². The van der Waals surface area contributed by atoms with E-state index in [0.717, 1.165) is 31.2 Å². The van der Waals surface area contributed by atoms with E-state index in [2.05, 4.69) is 14.9 Å². The summed E-state index contributed by atoms with van der Waals surface area (Å²) in [5.41, 5.74) is 1.29. The quantitative estimate of drug-likeness (QED) is 0.772. The van der Waals surface area contributed by atoms with Gasteiger partial charge in [0.05, 0.1) is 12.6 Å². The zero-order valence-electron chi connectivity index (χ0n) is 13.7. The maximum absolute atomic E-state index is 12.4. The highest BCUT2D eigenvalue weighted by Gasteiger charge is 2.27. The second kappa shape index (κ2) is 6.03. The van der Waals surface area contributed by atoms with Gasteiger partial charge in [-0.2, -0.15) is 0 Å². The average Bonchev–Trinajstić information content (AvgIpc) is 2.95. The van der Waals surface area contributed by atoms with Crippen LogP contribution in [-0.4, -0.2) is 38.7 Å². The lowest BCUT2D eigenvalue weighted by molar-refractivity contribution is 0.0302. The van der Waals surface area contributed by atoms with Gasteiger partial charge in [0.25, 0.3) is 5.56 Å². The fourth-order valence-corrected chi connectivity index (χ4v) is 3.67. The lowest BCUT2D eigenvalue weighted by Gasteiger charge is -2.36. The van der Waals surface area contributed by atoms with E-state index in [1.165, 1.54) is 0 Å². The molecule has 1 fully saturated rings. The summed E-state index contributed by atoms with van der Waals surface area (Å²) < 4.78 is 5.63. The van der Waals surface area contributed by atoms with Crippen LogP contribution in [0.2, 0.25) is 0 Å². The summed E-state index contributed by atoms with van der Waals surface area (Å²) >= 11 is 0. The minimum absolute atomic E-state index is 0.112. The van der Waals surface area contributed by atoms with Crippen molar-refractivity contribution in [1.82, 2.24) is 14.9 Å². The van der Waals surface area contributed by atoms with Gasteiger partial charge in [0.1, 0.15) is 16.9 Å². The first-order chi connectivity index (χ1) is 11.6. The normalized spacial score (nSPS) is 20.7. The molecule has 1 aromatic carbocycles. The van der Waals surface area contributed by atoms with Crippen LogP contribution in [0.4, 0.5) is 0 Å². The monoisotopic (exact) mass is 327 g/mol. The number of piperidine rings is 1. The Bertz CT molecular complexity index is 928. The van der Waals surface area contributed by atoms with Crippen molar-refractivity contribution < 1.29 is 9.52 Å². The molecule has 2 unspecified atom stereocenters. The second-order valence-electron chi connectivity index (χ2n) is 6.56. The number of nitrogens with zero attached hydrogens (tertiary/aromatic N) is 2. The number of hydrogen-bond donors (Lipinski definition) is 2. The topological polar surface area (TPSA) is 82.4 Å². The van der Waals surface area contributed by atoms with Crippen molar-refractivity contribution in [3.63, 3.8) is 0 Å². The van der Waals surface area contributed by atoms with Crippen LogP contribution in [0.1, 0.15) is 32.0 Å². The lowest BCUT2D eigenvalue weighted by atomic mass is 9.98. The fraction of sp³-hybridized carbons (Fsp3) is 0.444. The summed E-state index contributed by atoms with van der Waals surface area (Å²) in [7, 11) is 0. The molecule has 3 aromatic rings. The first-order valence-electron chi connectivity index (χ1n) is 8.46. The number of H-pyrrole nitrogens is 1. The number of aliphatic hydroxyl groups is 1. The van der Waals surface area contributed by atoms with Crippen molar-refractivity contribution in [1.29, 1.82) is 0 Å². The molecule has 0 bridgehead atoms. The van der Waals surface area contributed by atoms with Gasteiger partial charge in [-0.15, -0.1) is 0 Å². The summed E-state index contributed by atoms with van der Waals surface area (Å²) in [6, 6.07) is 7.65. The smallest absolute Gasteiger partial charge is 0.294 e. The van der Waals surface area contributed by atoms with E-state index in [1.807, 2.05) is 31.2 Å². The van der Waals surface area contributed by atoms with Gasteiger partial charge < -0.3 is 14.5 Å². The van der Waals surface area contributed by atoms with Crippen LogP contribution in [-0.2, 0) is 6.54 Å². The van der Waals surface area contributed by atoms with Crippen LogP contribution in [0.5, 0.6) is 0 Å². The number of nitrogens with one attached hydrogen (secondary N) is 1. The van der Waals surface area contributed by atoms with Gasteiger partial charge in [-0.3, -0.25) is 9.69 Å². The highest BCUT2D eigenvalue weighted by molar-refractivity contribution is 6.01. The van der Waals surface area contributed by atoms with Crippen LogP contribution in [0, 0.1) is 0 Å². The molecule has 24 heavy (non-hydrogen) atoms. The molecule has 0 aliphatic carbocycles. The lowest BCUT2D eigenvalue weighted by Crippen LogP contribution is -2.45. The van der Waals surface area contributed by atoms with Gasteiger partial charge >= 0.3 is 0 Å². The van der Waals surface area contributed by atoms with Crippen LogP contribution in [0.25, 0.3) is 22.1 Å². The van der Waals surface area contributed by atoms with Crippen molar-refractivity contribution in [2.75, 3.05) is 6.54 Å². The molecule has 1 saturated heterocycles. The number of rotatable bonds is 3. The van der Waals surface area contributed by atoms with Crippen molar-refractivity contribution in [3.8, 4) is 0 Å². The maximum Gasteiger partial charge on any atom is 0.294 e. The number of fused-ring (bicyclic) bond motifs is 3. The predicted octanol–water partition coefficient (Wildman–Crippen LogP) is 2.40. The standard InChI is InChI=1S/C18H21N3O3/c1-11(22)13-7-4-5-9-21(13)10-15-19-16-12-6-2-3-8-14(12)24-17(16)18(23)20-15/h2-3,6,8,11,13,22H,4-5,7,9-10H2,1H3,(H,19,20,23). The molecule has 1 aliphatic heterocycles. The van der Waals surface area contributed by atoms with Crippen LogP contribution in [0.3, 0.4) is 0 Å². The van der Waals surface area contributed by atoms with E-state index in [-0.39, 0.29) is 17.2 Å². The van der Waals surface area contributed by atoms with Gasteiger partial charge in [0.2, 0.25) is 5.58 Å². The molecule has 2 aromatic heterocycles. The Kier molecular flexibility index (Phi) is 3.86. The Labute approximate surface area is 139 Å². The summed E-state index contributed by atoms with van der Waals surface area (Å²) in [4.78, 5) is 22.1. The highest BCUT2D eigenvalue weighted by atomic mass is 16.3. The molecule has 6 heteroatoms. The Morgan fingerprint density at radius 2 is 2.25 bits per heavy atom. The van der Waals surface area contributed by atoms with Crippen molar-refractivity contribution >= 4 is 22.1 Å². The van der Waals surface area contributed by atoms with Gasteiger partial charge in [0.15, 0.2) is 0 Å². The van der Waals surface area contributed by atoms with Crippen LogP contribution < -0.4 is 5.56 Å². The first-order valence-corrected chi connectivity index (χ1v) is 8.46. The van der Waals surface area contributed by atoms with Gasteiger partial charge in [-0.1, -0.05) is 18.6 Å². The van der Waals surface area contributed by atoms with Gasteiger partial charge in [-0.05, 0) is 38.4 Å². The Morgan fingerprint density at radius 3 is 3.08 bits per heavy atom. The Morgan fingerprint density at radius 1 is 1.42 bits per heavy atom. The molecule has 0 saturated carbocycles. The molecule has 6 nitrogen and oxygen atoms in total. The van der Waals surface area contributed by atoms with E-state index in [1.54, 1.807) is 0 Å². The first kappa shape index (κ1) is 15.4. The summed E-state index contributed by atoms with van der Waals surface area (Å²) in [6.45, 7) is 3.26. The molecular formula is C18H21N3O3. The third kappa shape index (κ3) is 2.61. The number of aromatic amines is 1. The Balaban J connectivity index is 1.74. The van der Waals surface area contributed by atoms with Crippen molar-refractivity contribution in [3.05, 3.63) is 40.4 Å². The Hall–Kier alpha value is -2.18. The zero-order chi connectivity index (χ0) is 16.7. The predicted molar refractivity (Wildman–Crippen MR) is 91.9 cm³/mol. The number of aromatic nitrogens is 2. The summed E-state index contributed by atoms with van der Waals surface area (Å²) in [5, 5.41) is 10.9. The highest BCUT2D eigenvalue weighted by Crippen LogP contribution is 2.25. The number of para-hydroxylation sites is 1. The minimum Gasteiger partial charge on any atom is -0.449 e. The van der Waals surface area contributed by atoms with E-state index in [0.29, 0.717) is 23.5 Å². The number of aliphatic hydroxyl groups excluding tert-OH is 1. The number of furan rings is 1. The maximum atomic E-state index is 12.4. The molecule has 2 atom stereocenters. The number of hydrogen-bond acceptors (Lipinski definition) is 5. The molecule has 0 amide bonds. The van der Waals surface area contributed by atoms with Crippen molar-refractivity contribution in [2.24, 2.45) is 0 Å². The molecule has 126 valence electrons. The molecule has 2 N–H and O–H groups in total. The zero-order valence-corrected chi connectivity index (χ0v) is 13.7. The molecule has 4 rings (SSSR count). The molecule has 1 aliphatic rings. The van der Waals surface area contributed by atoms with E-state index in [4.69, 9.17) is 4.42 Å². The summed E-state index contributed by atoms with van der Waals surface area (Å²) in [6.07, 6.45) is 2.81. The third-order valence-corrected chi connectivity index (χ3v) is 4.85. The SMILES string of the molecule is CC(O)C1CCCCN1Cc1nc2c(oc3ccccc32)c(=O)[nH]1. The molecule has 0 radical (unpaired) electrons. The van der Waals surface area contributed by atoms with Gasteiger partial charge in [0, 0.05) is 11.4 Å². The van der Waals surface area contributed by atoms with Gasteiger partial charge in [-0.25, -0.2) is 4.98 Å². The van der Waals surface area contributed by atoms with Crippen LogP contribution >= 0.6 is 0 Å². The number of benzene rings is 1. The molecular weight excluding hydrogens is 306 g/mol. The minimum atomic E-state index is -0.393. The average molecular weight is 327 g/mol. The van der Waals surface area contributed by atoms with E-state index in [9.17, 15) is 9.90 Å².